The topological polar surface area (TPSA) is 55.8 Å². The number of aromatic nitrogens is 2. The van der Waals surface area contributed by atoms with Crippen molar-refractivity contribution < 1.29 is 4.74 Å². The second-order valence-corrected chi connectivity index (χ2v) is 5.80. The van der Waals surface area contributed by atoms with Crippen molar-refractivity contribution in [1.29, 1.82) is 0 Å². The van der Waals surface area contributed by atoms with E-state index in [0.29, 0.717) is 18.2 Å². The lowest BCUT2D eigenvalue weighted by molar-refractivity contribution is 0.305. The minimum absolute atomic E-state index is 0.522. The summed E-state index contributed by atoms with van der Waals surface area (Å²) in [6, 6.07) is 4.04. The summed E-state index contributed by atoms with van der Waals surface area (Å²) in [6.07, 6.45) is 7.14. The molecule has 0 fully saturated rings. The number of pyridine rings is 1. The maximum atomic E-state index is 6.16. The van der Waals surface area contributed by atoms with Crippen LogP contribution in [0.15, 0.2) is 36.1 Å². The summed E-state index contributed by atoms with van der Waals surface area (Å²) in [5, 5.41) is 4.50. The van der Waals surface area contributed by atoms with Gasteiger partial charge < -0.3 is 15.4 Å². The number of fused-ring (bicyclic) bond motifs is 1. The summed E-state index contributed by atoms with van der Waals surface area (Å²) in [5.41, 5.74) is 11.3. The Morgan fingerprint density at radius 3 is 2.91 bits per heavy atom. The van der Waals surface area contributed by atoms with Gasteiger partial charge in [-0.05, 0) is 43.3 Å². The van der Waals surface area contributed by atoms with Crippen molar-refractivity contribution in [2.75, 3.05) is 25.9 Å². The van der Waals surface area contributed by atoms with E-state index in [1.165, 1.54) is 11.1 Å². The number of nitrogens with zero attached hydrogens (tertiary/aromatic N) is 3. The van der Waals surface area contributed by atoms with Crippen molar-refractivity contribution in [3.8, 4) is 5.88 Å². The fraction of sp³-hybridized carbons (Fsp3) is 0.353. The Morgan fingerprint density at radius 2 is 2.14 bits per heavy atom. The van der Waals surface area contributed by atoms with E-state index in [-0.39, 0.29) is 0 Å². The molecule has 5 heteroatoms. The maximum absolute atomic E-state index is 6.16. The summed E-state index contributed by atoms with van der Waals surface area (Å²) in [7, 11) is 2.07. The van der Waals surface area contributed by atoms with E-state index in [9.17, 15) is 0 Å². The van der Waals surface area contributed by atoms with Gasteiger partial charge in [0.1, 0.15) is 5.69 Å². The molecule has 3 heterocycles. The van der Waals surface area contributed by atoms with Crippen molar-refractivity contribution in [3.63, 3.8) is 0 Å². The first-order valence-electron chi connectivity index (χ1n) is 7.50. The molecule has 22 heavy (non-hydrogen) atoms. The molecular weight excluding hydrogens is 276 g/mol. The molecular formula is C17H22N4O. The molecule has 0 saturated carbocycles. The summed E-state index contributed by atoms with van der Waals surface area (Å²) in [5.74, 6) is 0.522. The van der Waals surface area contributed by atoms with Crippen LogP contribution >= 0.6 is 0 Å². The zero-order chi connectivity index (χ0) is 15.7. The van der Waals surface area contributed by atoms with E-state index in [1.807, 2.05) is 17.5 Å². The summed E-state index contributed by atoms with van der Waals surface area (Å²) in [6.45, 7) is 5.62. The molecule has 0 atom stereocenters. The predicted octanol–water partition coefficient (Wildman–Crippen LogP) is 2.69. The Hall–Kier alpha value is -2.43. The van der Waals surface area contributed by atoms with Crippen LogP contribution in [0, 0.1) is 13.8 Å². The molecule has 3 rings (SSSR count). The van der Waals surface area contributed by atoms with Crippen LogP contribution < -0.4 is 10.5 Å². The molecule has 1 aliphatic heterocycles. The van der Waals surface area contributed by atoms with Crippen molar-refractivity contribution in [2.45, 2.75) is 20.3 Å². The zero-order valence-electron chi connectivity index (χ0n) is 13.3. The number of likely N-dealkylation sites (N-methyl/N-ethyl adjacent to an activating group) is 1. The quantitative estimate of drug-likeness (QED) is 0.943. The molecule has 0 aliphatic carbocycles. The third-order valence-corrected chi connectivity index (χ3v) is 4.09. The van der Waals surface area contributed by atoms with Gasteiger partial charge in [-0.25, -0.2) is 4.52 Å². The number of hydrogen-bond donors (Lipinski definition) is 1. The highest BCUT2D eigenvalue weighted by Crippen LogP contribution is 2.27. The van der Waals surface area contributed by atoms with Crippen molar-refractivity contribution in [1.82, 2.24) is 14.5 Å². The Balaban J connectivity index is 1.72. The lowest BCUT2D eigenvalue weighted by atomic mass is 10.1. The lowest BCUT2D eigenvalue weighted by Crippen LogP contribution is -2.18. The average molecular weight is 298 g/mol. The SMILES string of the molecule is Cc1ccc2c(N)c(OCCC3=CC=CN(C)C3)nn2c1C. The van der Waals surface area contributed by atoms with Gasteiger partial charge in [0.05, 0.1) is 12.1 Å². The first-order valence-corrected chi connectivity index (χ1v) is 7.50. The number of nitrogens with two attached hydrogens (primary N) is 1. The van der Waals surface area contributed by atoms with E-state index in [2.05, 4.69) is 48.4 Å². The minimum atomic E-state index is 0.522. The van der Waals surface area contributed by atoms with Gasteiger partial charge in [-0.2, -0.15) is 0 Å². The fourth-order valence-electron chi connectivity index (χ4n) is 2.63. The van der Waals surface area contributed by atoms with E-state index in [1.54, 1.807) is 0 Å². The third-order valence-electron chi connectivity index (χ3n) is 4.09. The number of hydrogen-bond acceptors (Lipinski definition) is 4. The largest absolute Gasteiger partial charge is 0.475 e. The monoisotopic (exact) mass is 298 g/mol. The van der Waals surface area contributed by atoms with Gasteiger partial charge in [-0.3, -0.25) is 0 Å². The number of anilines is 1. The number of nitrogen functional groups attached to an aromatic ring is 1. The molecule has 0 aromatic carbocycles. The molecule has 2 N–H and O–H groups in total. The fourth-order valence-corrected chi connectivity index (χ4v) is 2.63. The van der Waals surface area contributed by atoms with E-state index in [4.69, 9.17) is 10.5 Å². The Labute approximate surface area is 130 Å². The number of rotatable bonds is 4. The Morgan fingerprint density at radius 1 is 1.32 bits per heavy atom. The molecule has 0 unspecified atom stereocenters. The van der Waals surface area contributed by atoms with Crippen LogP contribution in [0.4, 0.5) is 5.69 Å². The smallest absolute Gasteiger partial charge is 0.257 e. The van der Waals surface area contributed by atoms with Crippen molar-refractivity contribution in [2.24, 2.45) is 0 Å². The van der Waals surface area contributed by atoms with E-state index in [0.717, 1.165) is 24.2 Å². The standard InChI is InChI=1S/C17H22N4O/c1-12-6-7-15-16(18)17(19-21(15)13(12)2)22-10-8-14-5-4-9-20(3)11-14/h4-7,9H,8,10-11,18H2,1-3H3. The summed E-state index contributed by atoms with van der Waals surface area (Å²) in [4.78, 5) is 2.15. The van der Waals surface area contributed by atoms with Crippen LogP contribution in [-0.2, 0) is 0 Å². The van der Waals surface area contributed by atoms with E-state index >= 15 is 0 Å². The molecule has 1 aliphatic rings. The Kier molecular flexibility index (Phi) is 3.79. The Bertz CT molecular complexity index is 758. The van der Waals surface area contributed by atoms with Crippen LogP contribution in [0.3, 0.4) is 0 Å². The summed E-state index contributed by atoms with van der Waals surface area (Å²) < 4.78 is 7.67. The van der Waals surface area contributed by atoms with Crippen molar-refractivity contribution in [3.05, 3.63) is 47.3 Å². The predicted molar refractivity (Wildman–Crippen MR) is 89.0 cm³/mol. The van der Waals surface area contributed by atoms with Crippen LogP contribution in [0.5, 0.6) is 5.88 Å². The average Bonchev–Trinajstić information content (AvgIpc) is 2.81. The highest BCUT2D eigenvalue weighted by molar-refractivity contribution is 5.75. The number of aryl methyl sites for hydroxylation is 2. The van der Waals surface area contributed by atoms with Gasteiger partial charge in [0.25, 0.3) is 5.88 Å². The molecule has 2 aromatic rings. The maximum Gasteiger partial charge on any atom is 0.257 e. The van der Waals surface area contributed by atoms with Gasteiger partial charge in [0, 0.05) is 25.7 Å². The highest BCUT2D eigenvalue weighted by atomic mass is 16.5. The highest BCUT2D eigenvalue weighted by Gasteiger charge is 2.13. The molecule has 0 saturated heterocycles. The molecule has 0 amide bonds. The van der Waals surface area contributed by atoms with Crippen molar-refractivity contribution >= 4 is 11.2 Å². The van der Waals surface area contributed by atoms with Gasteiger partial charge in [-0.15, -0.1) is 5.10 Å². The molecule has 0 bridgehead atoms. The lowest BCUT2D eigenvalue weighted by Gasteiger charge is -2.19. The van der Waals surface area contributed by atoms with Crippen LogP contribution in [0.2, 0.25) is 0 Å². The first kappa shape index (κ1) is 14.5. The van der Waals surface area contributed by atoms with Gasteiger partial charge >= 0.3 is 0 Å². The first-order chi connectivity index (χ1) is 10.6. The number of allylic oxidation sites excluding steroid dienone is 2. The van der Waals surface area contributed by atoms with Crippen LogP contribution in [0.25, 0.3) is 5.52 Å². The van der Waals surface area contributed by atoms with Gasteiger partial charge in [-0.1, -0.05) is 12.1 Å². The van der Waals surface area contributed by atoms with Crippen LogP contribution in [-0.4, -0.2) is 34.7 Å². The van der Waals surface area contributed by atoms with Crippen LogP contribution in [0.1, 0.15) is 17.7 Å². The second kappa shape index (κ2) is 5.75. The second-order valence-electron chi connectivity index (χ2n) is 5.80. The minimum Gasteiger partial charge on any atom is -0.475 e. The molecule has 2 aromatic heterocycles. The third kappa shape index (κ3) is 2.66. The normalized spacial score (nSPS) is 14.5. The summed E-state index contributed by atoms with van der Waals surface area (Å²) >= 11 is 0. The molecule has 0 spiro atoms. The van der Waals surface area contributed by atoms with Gasteiger partial charge in [0.15, 0.2) is 0 Å². The molecule has 116 valence electrons. The molecule has 5 nitrogen and oxygen atoms in total. The zero-order valence-corrected chi connectivity index (χ0v) is 13.3. The van der Waals surface area contributed by atoms with E-state index < -0.39 is 0 Å². The molecule has 0 radical (unpaired) electrons. The number of ether oxygens (including phenoxy) is 1. The van der Waals surface area contributed by atoms with Gasteiger partial charge in [0.2, 0.25) is 0 Å².